The molecule has 112 valence electrons. The first-order valence-electron chi connectivity index (χ1n) is 5.90. The zero-order chi connectivity index (χ0) is 15.7. The van der Waals surface area contributed by atoms with Crippen molar-refractivity contribution < 1.29 is 33.9 Å². The molecule has 1 aromatic rings. The van der Waals surface area contributed by atoms with Crippen LogP contribution in [0.25, 0.3) is 0 Å². The van der Waals surface area contributed by atoms with Gasteiger partial charge in [-0.1, -0.05) is 6.07 Å². The summed E-state index contributed by atoms with van der Waals surface area (Å²) in [6, 6.07) is 3.37. The van der Waals surface area contributed by atoms with E-state index >= 15 is 0 Å². The maximum atomic E-state index is 13.7. The molecule has 1 aliphatic rings. The SMILES string of the molecule is CN(C(=O)O)[C@@H]1CN(c2ccc(B(O)O)c(F)c2)C(=O)O1. The van der Waals surface area contributed by atoms with Crippen LogP contribution in [0.15, 0.2) is 18.2 Å². The van der Waals surface area contributed by atoms with Crippen molar-refractivity contribution in [3.63, 3.8) is 0 Å². The summed E-state index contributed by atoms with van der Waals surface area (Å²) in [4.78, 5) is 24.4. The van der Waals surface area contributed by atoms with Crippen LogP contribution in [0.2, 0.25) is 0 Å². The molecule has 0 unspecified atom stereocenters. The van der Waals surface area contributed by atoms with Crippen molar-refractivity contribution in [2.75, 3.05) is 18.5 Å². The first kappa shape index (κ1) is 15.1. The van der Waals surface area contributed by atoms with Gasteiger partial charge in [0.25, 0.3) is 0 Å². The van der Waals surface area contributed by atoms with Crippen LogP contribution in [0, 0.1) is 5.82 Å². The van der Waals surface area contributed by atoms with Crippen molar-refractivity contribution in [3.8, 4) is 0 Å². The first-order chi connectivity index (χ1) is 9.81. The van der Waals surface area contributed by atoms with Crippen molar-refractivity contribution in [1.29, 1.82) is 0 Å². The summed E-state index contributed by atoms with van der Waals surface area (Å²) in [5, 5.41) is 26.7. The summed E-state index contributed by atoms with van der Waals surface area (Å²) in [6.45, 7) is -0.0951. The van der Waals surface area contributed by atoms with Gasteiger partial charge in [-0.15, -0.1) is 0 Å². The average Bonchev–Trinajstić information content (AvgIpc) is 2.79. The molecule has 1 heterocycles. The Kier molecular flexibility index (Phi) is 4.01. The number of benzene rings is 1. The fourth-order valence-corrected chi connectivity index (χ4v) is 1.88. The number of hydrogen-bond acceptors (Lipinski definition) is 5. The third-order valence-electron chi connectivity index (χ3n) is 3.10. The molecule has 0 aliphatic carbocycles. The molecule has 0 spiro atoms. The quantitative estimate of drug-likeness (QED) is 0.643. The summed E-state index contributed by atoms with van der Waals surface area (Å²) in [6.07, 6.45) is -3.08. The van der Waals surface area contributed by atoms with Crippen molar-refractivity contribution in [2.24, 2.45) is 0 Å². The van der Waals surface area contributed by atoms with Gasteiger partial charge in [-0.25, -0.2) is 14.0 Å². The molecule has 1 fully saturated rings. The van der Waals surface area contributed by atoms with Gasteiger partial charge in [0.2, 0.25) is 0 Å². The minimum absolute atomic E-state index is 0.0951. The molecule has 1 aromatic carbocycles. The van der Waals surface area contributed by atoms with Gasteiger partial charge < -0.3 is 19.9 Å². The average molecular weight is 298 g/mol. The van der Waals surface area contributed by atoms with Gasteiger partial charge >= 0.3 is 19.3 Å². The molecular formula is C11H12BFN2O6. The molecule has 2 amide bonds. The van der Waals surface area contributed by atoms with E-state index in [2.05, 4.69) is 0 Å². The molecule has 0 aromatic heterocycles. The minimum Gasteiger partial charge on any atom is -0.465 e. The van der Waals surface area contributed by atoms with Crippen LogP contribution < -0.4 is 10.4 Å². The molecule has 10 heteroatoms. The normalized spacial score (nSPS) is 17.6. The number of rotatable bonds is 3. The highest BCUT2D eigenvalue weighted by molar-refractivity contribution is 6.58. The van der Waals surface area contributed by atoms with Gasteiger partial charge in [0.15, 0.2) is 6.23 Å². The van der Waals surface area contributed by atoms with Gasteiger partial charge in [0, 0.05) is 12.5 Å². The van der Waals surface area contributed by atoms with E-state index in [0.717, 1.165) is 21.9 Å². The van der Waals surface area contributed by atoms with E-state index in [-0.39, 0.29) is 17.7 Å². The molecule has 21 heavy (non-hydrogen) atoms. The second-order valence-corrected chi connectivity index (χ2v) is 4.42. The lowest BCUT2D eigenvalue weighted by molar-refractivity contribution is 0.0415. The predicted molar refractivity (Wildman–Crippen MR) is 69.6 cm³/mol. The maximum Gasteiger partial charge on any atom is 0.491 e. The number of anilines is 1. The van der Waals surface area contributed by atoms with Crippen LogP contribution in [0.4, 0.5) is 19.7 Å². The summed E-state index contributed by atoms with van der Waals surface area (Å²) >= 11 is 0. The van der Waals surface area contributed by atoms with E-state index in [4.69, 9.17) is 19.9 Å². The highest BCUT2D eigenvalue weighted by Gasteiger charge is 2.37. The molecule has 0 radical (unpaired) electrons. The molecule has 3 N–H and O–H groups in total. The maximum absolute atomic E-state index is 13.7. The lowest BCUT2D eigenvalue weighted by atomic mass is 9.80. The fourth-order valence-electron chi connectivity index (χ4n) is 1.88. The number of carboxylic acid groups (broad SMARTS) is 1. The highest BCUT2D eigenvalue weighted by Crippen LogP contribution is 2.23. The summed E-state index contributed by atoms with van der Waals surface area (Å²) in [5.41, 5.74) is -0.200. The topological polar surface area (TPSA) is 111 Å². The van der Waals surface area contributed by atoms with E-state index in [1.165, 1.54) is 13.1 Å². The number of amides is 2. The number of likely N-dealkylation sites (N-methyl/N-ethyl adjacent to an activating group) is 1. The number of cyclic esters (lactones) is 1. The Morgan fingerprint density at radius 2 is 2.19 bits per heavy atom. The Balaban J connectivity index is 2.21. The third kappa shape index (κ3) is 2.90. The van der Waals surface area contributed by atoms with Crippen LogP contribution in [0.3, 0.4) is 0 Å². The smallest absolute Gasteiger partial charge is 0.465 e. The highest BCUT2D eigenvalue weighted by atomic mass is 19.1. The molecule has 0 saturated carbocycles. The molecule has 1 saturated heterocycles. The monoisotopic (exact) mass is 298 g/mol. The van der Waals surface area contributed by atoms with E-state index in [0.29, 0.717) is 0 Å². The molecular weight excluding hydrogens is 286 g/mol. The Hall–Kier alpha value is -2.33. The van der Waals surface area contributed by atoms with Crippen LogP contribution in [-0.2, 0) is 4.74 Å². The summed E-state index contributed by atoms with van der Waals surface area (Å²) < 4.78 is 18.5. The number of halogens is 1. The van der Waals surface area contributed by atoms with Gasteiger partial charge in [-0.3, -0.25) is 9.80 Å². The molecule has 8 nitrogen and oxygen atoms in total. The summed E-state index contributed by atoms with van der Waals surface area (Å²) in [7, 11) is -0.717. The zero-order valence-electron chi connectivity index (χ0n) is 10.9. The van der Waals surface area contributed by atoms with E-state index < -0.39 is 31.3 Å². The van der Waals surface area contributed by atoms with Crippen LogP contribution >= 0.6 is 0 Å². The minimum atomic E-state index is -1.96. The lowest BCUT2D eigenvalue weighted by Crippen LogP contribution is -2.39. The van der Waals surface area contributed by atoms with Crippen molar-refractivity contribution in [1.82, 2.24) is 4.90 Å². The van der Waals surface area contributed by atoms with Crippen LogP contribution in [-0.4, -0.2) is 59.2 Å². The summed E-state index contributed by atoms with van der Waals surface area (Å²) in [5.74, 6) is -0.898. The molecule has 1 atom stereocenters. The number of carbonyl (C=O) groups is 2. The Morgan fingerprint density at radius 1 is 1.52 bits per heavy atom. The van der Waals surface area contributed by atoms with E-state index in [9.17, 15) is 14.0 Å². The molecule has 0 bridgehead atoms. The van der Waals surface area contributed by atoms with Gasteiger partial charge in [0.1, 0.15) is 5.82 Å². The number of hydrogen-bond donors (Lipinski definition) is 3. The van der Waals surface area contributed by atoms with Crippen LogP contribution in [0.1, 0.15) is 0 Å². The zero-order valence-corrected chi connectivity index (χ0v) is 10.9. The molecule has 1 aliphatic heterocycles. The lowest BCUT2D eigenvalue weighted by Gasteiger charge is -2.19. The largest absolute Gasteiger partial charge is 0.491 e. The molecule has 2 rings (SSSR count). The fraction of sp³-hybridized carbons (Fsp3) is 0.273. The number of carbonyl (C=O) groups excluding carboxylic acids is 1. The first-order valence-corrected chi connectivity index (χ1v) is 5.90. The second kappa shape index (κ2) is 5.58. The Bertz CT molecular complexity index is 584. The van der Waals surface area contributed by atoms with E-state index in [1.807, 2.05) is 0 Å². The Morgan fingerprint density at radius 3 is 2.71 bits per heavy atom. The van der Waals surface area contributed by atoms with Crippen molar-refractivity contribution >= 4 is 30.5 Å². The standard InChI is InChI=1S/C11H12BFN2O6/c1-14(10(16)17)9-5-15(11(18)21-9)6-2-3-7(12(19)20)8(13)4-6/h2-4,9,19-20H,5H2,1H3,(H,16,17)/t9-/m0/s1. The van der Waals surface area contributed by atoms with Gasteiger partial charge in [0.05, 0.1) is 12.2 Å². The number of ether oxygens (including phenoxy) is 1. The van der Waals surface area contributed by atoms with Gasteiger partial charge in [-0.2, -0.15) is 0 Å². The van der Waals surface area contributed by atoms with Gasteiger partial charge in [-0.05, 0) is 12.1 Å². The van der Waals surface area contributed by atoms with E-state index in [1.54, 1.807) is 0 Å². The predicted octanol–water partition coefficient (Wildman–Crippen LogP) is -0.602. The van der Waals surface area contributed by atoms with Crippen molar-refractivity contribution in [2.45, 2.75) is 6.23 Å². The van der Waals surface area contributed by atoms with Crippen LogP contribution in [0.5, 0.6) is 0 Å². The number of nitrogens with zero attached hydrogens (tertiary/aromatic N) is 2. The Labute approximate surface area is 119 Å². The second-order valence-electron chi connectivity index (χ2n) is 4.42. The third-order valence-corrected chi connectivity index (χ3v) is 3.10. The van der Waals surface area contributed by atoms with Crippen molar-refractivity contribution in [3.05, 3.63) is 24.0 Å².